The number of amides is 1. The Morgan fingerprint density at radius 1 is 1.50 bits per heavy atom. The predicted octanol–water partition coefficient (Wildman–Crippen LogP) is 3.21. The maximum atomic E-state index is 12.3. The van der Waals surface area contributed by atoms with E-state index in [0.29, 0.717) is 6.42 Å². The third-order valence-electron chi connectivity index (χ3n) is 3.81. The van der Waals surface area contributed by atoms with Gasteiger partial charge in [-0.05, 0) is 38.7 Å². The zero-order valence-corrected chi connectivity index (χ0v) is 13.2. The Balaban J connectivity index is 0.00000200. The van der Waals surface area contributed by atoms with Crippen molar-refractivity contribution in [2.24, 2.45) is 5.73 Å². The van der Waals surface area contributed by atoms with Crippen molar-refractivity contribution in [2.75, 3.05) is 6.54 Å². The molecule has 1 aromatic carbocycles. The average Bonchev–Trinajstić information content (AvgIpc) is 2.85. The second-order valence-corrected chi connectivity index (χ2v) is 5.68. The minimum Gasteiger partial charge on any atom is -0.336 e. The molecule has 0 bridgehead atoms. The molecule has 112 valence electrons. The van der Waals surface area contributed by atoms with Crippen LogP contribution < -0.4 is 5.73 Å². The van der Waals surface area contributed by atoms with Crippen molar-refractivity contribution in [3.05, 3.63) is 35.4 Å². The molecule has 2 N–H and O–H groups in total. The van der Waals surface area contributed by atoms with Crippen LogP contribution >= 0.6 is 12.4 Å². The van der Waals surface area contributed by atoms with Crippen LogP contribution in [0.15, 0.2) is 24.3 Å². The molecule has 2 unspecified atom stereocenters. The van der Waals surface area contributed by atoms with E-state index in [-0.39, 0.29) is 30.4 Å². The zero-order valence-electron chi connectivity index (χ0n) is 12.3. The van der Waals surface area contributed by atoms with Gasteiger partial charge in [-0.2, -0.15) is 0 Å². The number of hydrogen-bond donors (Lipinski definition) is 1. The maximum Gasteiger partial charge on any atom is 0.223 e. The Bertz CT molecular complexity index is 448. The van der Waals surface area contributed by atoms with Crippen molar-refractivity contribution in [3.63, 3.8) is 0 Å². The molecule has 3 nitrogen and oxygen atoms in total. The molecule has 1 aliphatic heterocycles. The van der Waals surface area contributed by atoms with E-state index < -0.39 is 0 Å². The van der Waals surface area contributed by atoms with Crippen molar-refractivity contribution in [3.8, 4) is 0 Å². The minimum absolute atomic E-state index is 0. The zero-order chi connectivity index (χ0) is 13.8. The molecule has 1 saturated heterocycles. The van der Waals surface area contributed by atoms with Crippen LogP contribution in [0.1, 0.15) is 49.8 Å². The smallest absolute Gasteiger partial charge is 0.223 e. The van der Waals surface area contributed by atoms with Crippen LogP contribution in [0.4, 0.5) is 0 Å². The van der Waals surface area contributed by atoms with E-state index >= 15 is 0 Å². The summed E-state index contributed by atoms with van der Waals surface area (Å²) in [6.45, 7) is 4.94. The lowest BCUT2D eigenvalue weighted by molar-refractivity contribution is -0.132. The van der Waals surface area contributed by atoms with Gasteiger partial charge in [0.25, 0.3) is 0 Å². The summed E-state index contributed by atoms with van der Waals surface area (Å²) in [7, 11) is 0. The molecular weight excluding hydrogens is 272 g/mol. The van der Waals surface area contributed by atoms with E-state index in [4.69, 9.17) is 5.73 Å². The topological polar surface area (TPSA) is 46.3 Å². The fourth-order valence-electron chi connectivity index (χ4n) is 2.78. The number of hydrogen-bond acceptors (Lipinski definition) is 2. The number of carbonyl (C=O) groups is 1. The normalized spacial score (nSPS) is 19.6. The summed E-state index contributed by atoms with van der Waals surface area (Å²) in [6.07, 6.45) is 3.52. The third-order valence-corrected chi connectivity index (χ3v) is 3.81. The average molecular weight is 297 g/mol. The van der Waals surface area contributed by atoms with E-state index in [9.17, 15) is 4.79 Å². The second-order valence-electron chi connectivity index (χ2n) is 5.68. The Morgan fingerprint density at radius 3 is 2.90 bits per heavy atom. The lowest BCUT2D eigenvalue weighted by Crippen LogP contribution is -2.31. The van der Waals surface area contributed by atoms with Gasteiger partial charge in [0.15, 0.2) is 0 Å². The van der Waals surface area contributed by atoms with Crippen LogP contribution in [0.2, 0.25) is 0 Å². The van der Waals surface area contributed by atoms with Crippen LogP contribution in [-0.4, -0.2) is 23.4 Å². The molecule has 2 rings (SSSR count). The molecule has 0 radical (unpaired) electrons. The first-order chi connectivity index (χ1) is 9.08. The van der Waals surface area contributed by atoms with E-state index in [0.717, 1.165) is 25.8 Å². The van der Waals surface area contributed by atoms with Gasteiger partial charge in [0.1, 0.15) is 0 Å². The first-order valence-corrected chi connectivity index (χ1v) is 7.19. The quantitative estimate of drug-likeness (QED) is 0.927. The molecule has 1 fully saturated rings. The monoisotopic (exact) mass is 296 g/mol. The lowest BCUT2D eigenvalue weighted by Gasteiger charge is -2.25. The fourth-order valence-corrected chi connectivity index (χ4v) is 2.78. The van der Waals surface area contributed by atoms with Gasteiger partial charge in [-0.3, -0.25) is 4.79 Å². The van der Waals surface area contributed by atoms with Crippen molar-refractivity contribution >= 4 is 18.3 Å². The third kappa shape index (κ3) is 4.22. The first kappa shape index (κ1) is 17.0. The minimum atomic E-state index is 0. The fraction of sp³-hybridized carbons (Fsp3) is 0.562. The summed E-state index contributed by atoms with van der Waals surface area (Å²) < 4.78 is 0. The molecule has 1 amide bonds. The number of rotatable bonds is 4. The predicted molar refractivity (Wildman–Crippen MR) is 85.0 cm³/mol. The molecule has 0 aromatic heterocycles. The number of carbonyl (C=O) groups excluding carboxylic acids is 1. The van der Waals surface area contributed by atoms with Gasteiger partial charge in [0.2, 0.25) is 5.91 Å². The summed E-state index contributed by atoms with van der Waals surface area (Å²) in [5.41, 5.74) is 8.26. The number of benzene rings is 1. The number of aryl methyl sites for hydroxylation is 1. The molecule has 0 aliphatic carbocycles. The maximum absolute atomic E-state index is 12.3. The number of likely N-dealkylation sites (tertiary alicyclic amines) is 1. The highest BCUT2D eigenvalue weighted by Crippen LogP contribution is 2.32. The van der Waals surface area contributed by atoms with Crippen molar-refractivity contribution in [1.29, 1.82) is 0 Å². The largest absolute Gasteiger partial charge is 0.336 e. The van der Waals surface area contributed by atoms with E-state index in [1.807, 2.05) is 11.8 Å². The number of nitrogens with zero attached hydrogens (tertiary/aromatic N) is 1. The van der Waals surface area contributed by atoms with Gasteiger partial charge < -0.3 is 10.6 Å². The molecule has 2 atom stereocenters. The van der Waals surface area contributed by atoms with Gasteiger partial charge in [0, 0.05) is 19.0 Å². The highest BCUT2D eigenvalue weighted by molar-refractivity contribution is 5.85. The van der Waals surface area contributed by atoms with Crippen LogP contribution in [0.3, 0.4) is 0 Å². The SMILES string of the molecule is Cc1cccc(C2CCCN2C(=O)CCC(C)N)c1.Cl. The number of nitrogens with two attached hydrogens (primary N) is 1. The first-order valence-electron chi connectivity index (χ1n) is 7.19. The van der Waals surface area contributed by atoms with E-state index in [1.54, 1.807) is 0 Å². The summed E-state index contributed by atoms with van der Waals surface area (Å²) in [6, 6.07) is 8.87. The van der Waals surface area contributed by atoms with Crippen LogP contribution in [0.5, 0.6) is 0 Å². The molecule has 4 heteroatoms. The number of halogens is 1. The lowest BCUT2D eigenvalue weighted by atomic mass is 10.0. The molecule has 1 aliphatic rings. The standard InChI is InChI=1S/C16H24N2O.ClH/c1-12-5-3-6-14(11-12)15-7-4-10-18(15)16(19)9-8-13(2)17;/h3,5-6,11,13,15H,4,7-10,17H2,1-2H3;1H. The Kier molecular flexibility index (Phi) is 6.50. The molecule has 20 heavy (non-hydrogen) atoms. The highest BCUT2D eigenvalue weighted by Gasteiger charge is 2.29. The van der Waals surface area contributed by atoms with Gasteiger partial charge in [-0.1, -0.05) is 29.8 Å². The van der Waals surface area contributed by atoms with E-state index in [2.05, 4.69) is 31.2 Å². The van der Waals surface area contributed by atoms with Crippen LogP contribution in [-0.2, 0) is 4.79 Å². The summed E-state index contributed by atoms with van der Waals surface area (Å²) in [5, 5.41) is 0. The van der Waals surface area contributed by atoms with Gasteiger partial charge in [0.05, 0.1) is 6.04 Å². The molecule has 0 spiro atoms. The Morgan fingerprint density at radius 2 is 2.25 bits per heavy atom. The Labute approximate surface area is 127 Å². The summed E-state index contributed by atoms with van der Waals surface area (Å²) in [5.74, 6) is 0.251. The van der Waals surface area contributed by atoms with Gasteiger partial charge in [-0.15, -0.1) is 12.4 Å². The van der Waals surface area contributed by atoms with Crippen molar-refractivity contribution in [1.82, 2.24) is 4.90 Å². The Hall–Kier alpha value is -1.06. The summed E-state index contributed by atoms with van der Waals surface area (Å²) in [4.78, 5) is 14.3. The van der Waals surface area contributed by atoms with Crippen molar-refractivity contribution in [2.45, 2.75) is 51.6 Å². The summed E-state index contributed by atoms with van der Waals surface area (Å²) >= 11 is 0. The molecule has 0 saturated carbocycles. The molecular formula is C16H25ClN2O. The van der Waals surface area contributed by atoms with Gasteiger partial charge in [-0.25, -0.2) is 0 Å². The second kappa shape index (κ2) is 7.65. The van der Waals surface area contributed by atoms with Crippen molar-refractivity contribution < 1.29 is 4.79 Å². The molecule has 1 aromatic rings. The van der Waals surface area contributed by atoms with Gasteiger partial charge >= 0.3 is 0 Å². The van der Waals surface area contributed by atoms with Crippen LogP contribution in [0, 0.1) is 6.92 Å². The van der Waals surface area contributed by atoms with E-state index in [1.165, 1.54) is 11.1 Å². The van der Waals surface area contributed by atoms with Crippen LogP contribution in [0.25, 0.3) is 0 Å². The highest BCUT2D eigenvalue weighted by atomic mass is 35.5. The molecule has 1 heterocycles.